The molecule has 2 atom stereocenters. The van der Waals surface area contributed by atoms with Crippen LogP contribution in [-0.4, -0.2) is 46.2 Å². The summed E-state index contributed by atoms with van der Waals surface area (Å²) in [6.07, 6.45) is 1.36. The first-order valence-electron chi connectivity index (χ1n) is 7.82. The van der Waals surface area contributed by atoms with Gasteiger partial charge in [-0.15, -0.1) is 0 Å². The number of anilines is 1. The highest BCUT2D eigenvalue weighted by atomic mass is 35.5. The number of halogens is 1. The number of benzene rings is 1. The normalized spacial score (nSPS) is 20.9. The number of hydrogen-bond acceptors (Lipinski definition) is 5. The van der Waals surface area contributed by atoms with Gasteiger partial charge in [0, 0.05) is 42.0 Å². The van der Waals surface area contributed by atoms with Gasteiger partial charge in [-0.3, -0.25) is 0 Å². The average Bonchev–Trinajstić information content (AvgIpc) is 2.53. The maximum atomic E-state index is 11.6. The van der Waals surface area contributed by atoms with Crippen LogP contribution in [0.5, 0.6) is 0 Å². The lowest BCUT2D eigenvalue weighted by atomic mass is 10.1. The molecule has 7 heteroatoms. The molecule has 126 valence electrons. The number of carboxylic acids is 1. The minimum Gasteiger partial charge on any atom is -0.478 e. The van der Waals surface area contributed by atoms with Crippen LogP contribution in [0.1, 0.15) is 24.2 Å². The van der Waals surface area contributed by atoms with E-state index in [1.807, 2.05) is 6.07 Å². The summed E-state index contributed by atoms with van der Waals surface area (Å²) >= 11 is 6.24. The molecule has 1 saturated heterocycles. The van der Waals surface area contributed by atoms with E-state index in [0.29, 0.717) is 34.3 Å². The van der Waals surface area contributed by atoms with E-state index in [1.165, 1.54) is 6.20 Å². The number of rotatable bonds is 3. The van der Waals surface area contributed by atoms with E-state index in [4.69, 9.17) is 11.6 Å². The Hall–Kier alpha value is -2.18. The van der Waals surface area contributed by atoms with E-state index in [9.17, 15) is 9.90 Å². The lowest BCUT2D eigenvalue weighted by Gasteiger charge is -2.36. The molecule has 3 rings (SSSR count). The molecular weight excluding hydrogens is 328 g/mol. The Labute approximate surface area is 145 Å². The summed E-state index contributed by atoms with van der Waals surface area (Å²) in [6, 6.07) is 7.71. The van der Waals surface area contributed by atoms with Crippen LogP contribution in [0.3, 0.4) is 0 Å². The molecule has 1 aromatic heterocycles. The van der Waals surface area contributed by atoms with Gasteiger partial charge in [-0.1, -0.05) is 29.8 Å². The molecule has 0 bridgehead atoms. The molecule has 0 radical (unpaired) electrons. The number of carbonyl (C=O) groups is 1. The minimum atomic E-state index is -1.07. The summed E-state index contributed by atoms with van der Waals surface area (Å²) in [4.78, 5) is 22.4. The Kier molecular flexibility index (Phi) is 4.69. The maximum absolute atomic E-state index is 11.6. The van der Waals surface area contributed by atoms with Crippen molar-refractivity contribution in [3.63, 3.8) is 0 Å². The fraction of sp³-hybridized carbons (Fsp3) is 0.353. The lowest BCUT2D eigenvalue weighted by molar-refractivity contribution is 0.0697. The van der Waals surface area contributed by atoms with Crippen LogP contribution in [0.2, 0.25) is 5.02 Å². The molecule has 0 saturated carbocycles. The number of hydrogen-bond donors (Lipinski definition) is 2. The molecule has 1 aliphatic rings. The Morgan fingerprint density at radius 2 is 1.96 bits per heavy atom. The zero-order chi connectivity index (χ0) is 17.3. The van der Waals surface area contributed by atoms with E-state index in [-0.39, 0.29) is 5.56 Å². The molecule has 0 amide bonds. The second-order valence-electron chi connectivity index (χ2n) is 6.09. The SMILES string of the molecule is CC1CN(c2ncc(C(=O)O)c(-c3ccccc3Cl)n2)CC(C)N1. The van der Waals surface area contributed by atoms with Gasteiger partial charge in [0.15, 0.2) is 0 Å². The summed E-state index contributed by atoms with van der Waals surface area (Å²) in [6.45, 7) is 5.73. The summed E-state index contributed by atoms with van der Waals surface area (Å²) in [7, 11) is 0. The molecule has 2 unspecified atom stereocenters. The smallest absolute Gasteiger partial charge is 0.339 e. The van der Waals surface area contributed by atoms with Gasteiger partial charge in [0.2, 0.25) is 5.95 Å². The number of carboxylic acid groups (broad SMARTS) is 1. The third kappa shape index (κ3) is 3.34. The highest BCUT2D eigenvalue weighted by Crippen LogP contribution is 2.30. The lowest BCUT2D eigenvalue weighted by Crippen LogP contribution is -2.54. The number of piperazine rings is 1. The minimum absolute atomic E-state index is 0.0445. The van der Waals surface area contributed by atoms with E-state index in [0.717, 1.165) is 13.1 Å². The number of aromatic nitrogens is 2. The van der Waals surface area contributed by atoms with E-state index in [1.54, 1.807) is 18.2 Å². The summed E-state index contributed by atoms with van der Waals surface area (Å²) in [5, 5.41) is 13.4. The molecular formula is C17H19ClN4O2. The van der Waals surface area contributed by atoms with Gasteiger partial charge in [0.25, 0.3) is 0 Å². The van der Waals surface area contributed by atoms with Gasteiger partial charge >= 0.3 is 5.97 Å². The standard InChI is InChI=1S/C17H19ClN4O2/c1-10-8-22(9-11(2)20-10)17-19-7-13(16(23)24)15(21-17)12-5-3-4-6-14(12)18/h3-7,10-11,20H,8-9H2,1-2H3,(H,23,24). The van der Waals surface area contributed by atoms with Crippen molar-refractivity contribution >= 4 is 23.5 Å². The molecule has 2 aromatic rings. The molecule has 1 aliphatic heterocycles. The number of nitrogens with zero attached hydrogens (tertiary/aromatic N) is 3. The van der Waals surface area contributed by atoms with Crippen LogP contribution in [0.25, 0.3) is 11.3 Å². The second-order valence-corrected chi connectivity index (χ2v) is 6.50. The predicted octanol–water partition coefficient (Wildman–Crippen LogP) is 2.68. The zero-order valence-electron chi connectivity index (χ0n) is 13.5. The van der Waals surface area contributed by atoms with Crippen molar-refractivity contribution in [2.75, 3.05) is 18.0 Å². The average molecular weight is 347 g/mol. The highest BCUT2D eigenvalue weighted by Gasteiger charge is 2.25. The van der Waals surface area contributed by atoms with Crippen molar-refractivity contribution in [3.8, 4) is 11.3 Å². The van der Waals surface area contributed by atoms with Crippen LogP contribution in [-0.2, 0) is 0 Å². The summed E-state index contributed by atoms with van der Waals surface area (Å²) in [5.41, 5.74) is 0.983. The van der Waals surface area contributed by atoms with Crippen molar-refractivity contribution in [2.24, 2.45) is 0 Å². The van der Waals surface area contributed by atoms with Crippen molar-refractivity contribution in [1.29, 1.82) is 0 Å². The fourth-order valence-electron chi connectivity index (χ4n) is 3.03. The molecule has 6 nitrogen and oxygen atoms in total. The quantitative estimate of drug-likeness (QED) is 0.889. The largest absolute Gasteiger partial charge is 0.478 e. The number of nitrogens with one attached hydrogen (secondary N) is 1. The molecule has 24 heavy (non-hydrogen) atoms. The van der Waals surface area contributed by atoms with Crippen molar-refractivity contribution in [2.45, 2.75) is 25.9 Å². The predicted molar refractivity (Wildman–Crippen MR) is 93.7 cm³/mol. The van der Waals surface area contributed by atoms with Crippen molar-refractivity contribution < 1.29 is 9.90 Å². The second kappa shape index (κ2) is 6.75. The van der Waals surface area contributed by atoms with Crippen LogP contribution in [0.4, 0.5) is 5.95 Å². The van der Waals surface area contributed by atoms with Crippen molar-refractivity contribution in [1.82, 2.24) is 15.3 Å². The topological polar surface area (TPSA) is 78.4 Å². The Morgan fingerprint density at radius 1 is 1.29 bits per heavy atom. The molecule has 1 aromatic carbocycles. The summed E-state index contributed by atoms with van der Waals surface area (Å²) in [5.74, 6) is -0.548. The van der Waals surface area contributed by atoms with Crippen molar-refractivity contribution in [3.05, 3.63) is 41.0 Å². The van der Waals surface area contributed by atoms with Gasteiger partial charge in [-0.05, 0) is 19.9 Å². The molecule has 2 heterocycles. The summed E-state index contributed by atoms with van der Waals surface area (Å²) < 4.78 is 0. The Balaban J connectivity index is 2.07. The molecule has 2 N–H and O–H groups in total. The van der Waals surface area contributed by atoms with Gasteiger partial charge in [0.1, 0.15) is 5.56 Å². The zero-order valence-corrected chi connectivity index (χ0v) is 14.3. The van der Waals surface area contributed by atoms with Gasteiger partial charge in [-0.25, -0.2) is 14.8 Å². The highest BCUT2D eigenvalue weighted by molar-refractivity contribution is 6.33. The monoisotopic (exact) mass is 346 g/mol. The molecule has 0 aliphatic carbocycles. The Morgan fingerprint density at radius 3 is 2.58 bits per heavy atom. The van der Waals surface area contributed by atoms with Gasteiger partial charge in [0.05, 0.1) is 5.69 Å². The first kappa shape index (κ1) is 16.7. The molecule has 1 fully saturated rings. The van der Waals surface area contributed by atoms with Crippen LogP contribution >= 0.6 is 11.6 Å². The number of aromatic carboxylic acids is 1. The van der Waals surface area contributed by atoms with E-state index < -0.39 is 5.97 Å². The Bertz CT molecular complexity index is 758. The third-order valence-corrected chi connectivity index (χ3v) is 4.31. The van der Waals surface area contributed by atoms with Crippen LogP contribution < -0.4 is 10.2 Å². The van der Waals surface area contributed by atoms with Crippen LogP contribution in [0, 0.1) is 0 Å². The van der Waals surface area contributed by atoms with Gasteiger partial charge in [-0.2, -0.15) is 0 Å². The third-order valence-electron chi connectivity index (χ3n) is 3.98. The van der Waals surface area contributed by atoms with Gasteiger partial charge < -0.3 is 15.3 Å². The van der Waals surface area contributed by atoms with E-state index >= 15 is 0 Å². The first-order chi connectivity index (χ1) is 11.5. The molecule has 0 spiro atoms. The van der Waals surface area contributed by atoms with E-state index in [2.05, 4.69) is 34.0 Å². The van der Waals surface area contributed by atoms with Crippen LogP contribution in [0.15, 0.2) is 30.5 Å². The first-order valence-corrected chi connectivity index (χ1v) is 8.19. The fourth-order valence-corrected chi connectivity index (χ4v) is 3.26. The maximum Gasteiger partial charge on any atom is 0.339 e.